The lowest BCUT2D eigenvalue weighted by Crippen LogP contribution is -2.61. The van der Waals surface area contributed by atoms with E-state index in [1.54, 1.807) is 6.08 Å². The van der Waals surface area contributed by atoms with Gasteiger partial charge in [0.15, 0.2) is 12.4 Å². The monoisotopic (exact) mass is 484 g/mol. The molecule has 0 aromatic heterocycles. The molecule has 0 bridgehead atoms. The zero-order valence-corrected chi connectivity index (χ0v) is 20.7. The number of allylic oxidation sites excluding steroid dienone is 1. The van der Waals surface area contributed by atoms with Crippen LogP contribution in [-0.4, -0.2) is 57.5 Å². The lowest BCUT2D eigenvalue weighted by molar-refractivity contribution is -0.311. The number of benzene rings is 2. The second-order valence-electron chi connectivity index (χ2n) is 8.61. The minimum absolute atomic E-state index is 0.0183. The van der Waals surface area contributed by atoms with Gasteiger partial charge < -0.3 is 28.4 Å². The average molecular weight is 485 g/mol. The van der Waals surface area contributed by atoms with Crippen LogP contribution in [0.1, 0.15) is 24.5 Å². The van der Waals surface area contributed by atoms with Crippen molar-refractivity contribution in [3.05, 3.63) is 84.4 Å². The van der Waals surface area contributed by atoms with Crippen molar-refractivity contribution in [2.45, 2.75) is 57.3 Å². The predicted molar refractivity (Wildman–Crippen MR) is 131 cm³/mol. The number of carbonyl (C=O) groups excluding carboxylic acids is 1. The maximum atomic E-state index is 12.8. The van der Waals surface area contributed by atoms with E-state index >= 15 is 0 Å². The lowest BCUT2D eigenvalue weighted by atomic mass is 9.98. The molecule has 7 heteroatoms. The Hall–Kier alpha value is -2.55. The number of carbonyl (C=O) groups is 1. The third-order valence-electron chi connectivity index (χ3n) is 5.93. The fourth-order valence-corrected chi connectivity index (χ4v) is 3.97. The largest absolute Gasteiger partial charge is 0.456 e. The van der Waals surface area contributed by atoms with Crippen molar-refractivity contribution < 1.29 is 33.2 Å². The van der Waals surface area contributed by atoms with Crippen molar-refractivity contribution in [2.24, 2.45) is 5.92 Å². The van der Waals surface area contributed by atoms with Crippen LogP contribution in [0.15, 0.2) is 73.3 Å². The summed E-state index contributed by atoms with van der Waals surface area (Å²) in [4.78, 5) is 12.8. The third-order valence-corrected chi connectivity index (χ3v) is 5.93. The molecule has 0 saturated carbocycles. The van der Waals surface area contributed by atoms with Crippen LogP contribution < -0.4 is 0 Å². The highest BCUT2D eigenvalue weighted by Gasteiger charge is 2.49. The number of rotatable bonds is 13. The number of hydrogen-bond donors (Lipinski definition) is 0. The molecule has 1 aliphatic heterocycles. The van der Waals surface area contributed by atoms with Gasteiger partial charge in [-0.1, -0.05) is 73.7 Å². The van der Waals surface area contributed by atoms with E-state index in [1.165, 1.54) is 14.2 Å². The molecule has 1 heterocycles. The predicted octanol–water partition coefficient (Wildman–Crippen LogP) is 4.30. The van der Waals surface area contributed by atoms with Gasteiger partial charge in [-0.05, 0) is 17.0 Å². The van der Waals surface area contributed by atoms with Crippen molar-refractivity contribution >= 4 is 5.97 Å². The highest BCUT2D eigenvalue weighted by atomic mass is 16.7. The molecule has 1 saturated heterocycles. The van der Waals surface area contributed by atoms with Crippen LogP contribution in [0.3, 0.4) is 0 Å². The van der Waals surface area contributed by atoms with Gasteiger partial charge in [0.25, 0.3) is 0 Å². The van der Waals surface area contributed by atoms with Crippen LogP contribution in [0.5, 0.6) is 0 Å². The quantitative estimate of drug-likeness (QED) is 0.310. The van der Waals surface area contributed by atoms with Gasteiger partial charge in [-0.2, -0.15) is 0 Å². The fraction of sp³-hybridized carbons (Fsp3) is 0.464. The van der Waals surface area contributed by atoms with Crippen LogP contribution in [0.25, 0.3) is 0 Å². The number of esters is 1. The van der Waals surface area contributed by atoms with Crippen LogP contribution in [0.4, 0.5) is 0 Å². The first-order chi connectivity index (χ1) is 17.0. The van der Waals surface area contributed by atoms with Crippen LogP contribution in [0.2, 0.25) is 0 Å². The molecule has 190 valence electrons. The number of methoxy groups -OCH3 is 2. The molecule has 1 fully saturated rings. The first-order valence-corrected chi connectivity index (χ1v) is 11.9. The summed E-state index contributed by atoms with van der Waals surface area (Å²) in [5.41, 5.74) is 2.04. The van der Waals surface area contributed by atoms with E-state index in [0.717, 1.165) is 11.1 Å². The molecule has 3 rings (SSSR count). The molecule has 6 atom stereocenters. The first-order valence-electron chi connectivity index (χ1n) is 11.9. The summed E-state index contributed by atoms with van der Waals surface area (Å²) in [6.07, 6.45) is -1.43. The summed E-state index contributed by atoms with van der Waals surface area (Å²) in [5.74, 6) is -0.381. The Morgan fingerprint density at radius 2 is 1.57 bits per heavy atom. The van der Waals surface area contributed by atoms with Crippen molar-refractivity contribution in [1.82, 2.24) is 0 Å². The van der Waals surface area contributed by atoms with Gasteiger partial charge in [0.2, 0.25) is 0 Å². The van der Waals surface area contributed by atoms with Crippen LogP contribution >= 0.6 is 0 Å². The molecule has 0 spiro atoms. The van der Waals surface area contributed by atoms with Crippen molar-refractivity contribution in [3.63, 3.8) is 0 Å². The highest BCUT2D eigenvalue weighted by Crippen LogP contribution is 2.30. The Morgan fingerprint density at radius 3 is 2.14 bits per heavy atom. The Labute approximate surface area is 207 Å². The molecule has 0 N–H and O–H groups in total. The molecule has 0 radical (unpaired) electrons. The molecule has 2 aromatic rings. The van der Waals surface area contributed by atoms with E-state index < -0.39 is 30.7 Å². The standard InChI is InChI=1S/C28H36O7/c1-5-20(2)16-24(29)35-26-25(33-18-22-14-10-7-11-15-22)23(34-28(31-4)27(26)30-3)19-32-17-21-12-8-6-9-13-21/h5-15,20,23,25-28H,1,16-19H2,2-4H3/t20-,23+,25+,26-,27-,28-/m0/s1. The average Bonchev–Trinajstić information content (AvgIpc) is 2.88. The van der Waals surface area contributed by atoms with Gasteiger partial charge in [0.1, 0.15) is 18.3 Å². The van der Waals surface area contributed by atoms with Crippen molar-refractivity contribution in [1.29, 1.82) is 0 Å². The summed E-state index contributed by atoms with van der Waals surface area (Å²) < 4.78 is 35.7. The van der Waals surface area contributed by atoms with E-state index in [2.05, 4.69) is 6.58 Å². The summed E-state index contributed by atoms with van der Waals surface area (Å²) >= 11 is 0. The molecule has 7 nitrogen and oxygen atoms in total. The van der Waals surface area contributed by atoms with E-state index in [1.807, 2.05) is 67.6 Å². The normalized spacial score (nSPS) is 25.1. The number of hydrogen-bond acceptors (Lipinski definition) is 7. The van der Waals surface area contributed by atoms with Gasteiger partial charge in [-0.3, -0.25) is 4.79 Å². The molecular weight excluding hydrogens is 448 g/mol. The maximum absolute atomic E-state index is 12.8. The van der Waals surface area contributed by atoms with Gasteiger partial charge in [0, 0.05) is 14.2 Å². The maximum Gasteiger partial charge on any atom is 0.306 e. The lowest BCUT2D eigenvalue weighted by Gasteiger charge is -2.44. The molecular formula is C28H36O7. The van der Waals surface area contributed by atoms with Crippen LogP contribution in [0, 0.1) is 5.92 Å². The second kappa shape index (κ2) is 14.1. The molecule has 0 aliphatic carbocycles. The van der Waals surface area contributed by atoms with Crippen LogP contribution in [-0.2, 0) is 46.4 Å². The van der Waals surface area contributed by atoms with E-state index in [9.17, 15) is 4.79 Å². The summed E-state index contributed by atoms with van der Waals surface area (Å²) in [6, 6.07) is 19.7. The summed E-state index contributed by atoms with van der Waals surface area (Å²) in [5, 5.41) is 0. The van der Waals surface area contributed by atoms with Crippen molar-refractivity contribution in [2.75, 3.05) is 20.8 Å². The minimum atomic E-state index is -0.753. The highest BCUT2D eigenvalue weighted by molar-refractivity contribution is 5.70. The Bertz CT molecular complexity index is 889. The smallest absolute Gasteiger partial charge is 0.306 e. The number of ether oxygens (including phenoxy) is 6. The first kappa shape index (κ1) is 27.0. The third kappa shape index (κ3) is 7.98. The van der Waals surface area contributed by atoms with Gasteiger partial charge in [-0.15, -0.1) is 6.58 Å². The zero-order chi connectivity index (χ0) is 25.0. The van der Waals surface area contributed by atoms with Gasteiger partial charge in [0.05, 0.1) is 26.2 Å². The molecule has 35 heavy (non-hydrogen) atoms. The summed E-state index contributed by atoms with van der Waals surface area (Å²) in [7, 11) is 3.07. The molecule has 1 aliphatic rings. The van der Waals surface area contributed by atoms with E-state index in [0.29, 0.717) is 13.2 Å². The Balaban J connectivity index is 1.79. The topological polar surface area (TPSA) is 72.5 Å². The second-order valence-corrected chi connectivity index (χ2v) is 8.61. The Kier molecular flexibility index (Phi) is 10.9. The molecule has 2 aromatic carbocycles. The zero-order valence-electron chi connectivity index (χ0n) is 20.7. The Morgan fingerprint density at radius 1 is 0.943 bits per heavy atom. The van der Waals surface area contributed by atoms with Gasteiger partial charge >= 0.3 is 5.97 Å². The molecule has 0 amide bonds. The SMILES string of the molecule is C=C[C@H](C)CC(=O)O[C@@H]1[C@H](OC)[C@@H](OC)O[C@H](COCc2ccccc2)[C@H]1OCc1ccccc1. The fourth-order valence-electron chi connectivity index (χ4n) is 3.97. The van der Waals surface area contributed by atoms with E-state index in [-0.39, 0.29) is 24.9 Å². The minimum Gasteiger partial charge on any atom is -0.456 e. The van der Waals surface area contributed by atoms with Gasteiger partial charge in [-0.25, -0.2) is 0 Å². The van der Waals surface area contributed by atoms with Crippen molar-refractivity contribution in [3.8, 4) is 0 Å². The van der Waals surface area contributed by atoms with E-state index in [4.69, 9.17) is 28.4 Å². The molecule has 0 unspecified atom stereocenters. The summed E-state index contributed by atoms with van der Waals surface area (Å²) in [6.45, 7) is 6.62.